The van der Waals surface area contributed by atoms with Crippen LogP contribution in [-0.4, -0.2) is 25.3 Å². The Labute approximate surface area is 129 Å². The summed E-state index contributed by atoms with van der Waals surface area (Å²) in [7, 11) is 0. The molecule has 2 aliphatic rings. The summed E-state index contributed by atoms with van der Waals surface area (Å²) < 4.78 is 11.7. The molecular weight excluding hydrogens is 264 g/mol. The first-order valence-electron chi connectivity index (χ1n) is 8.35. The first-order chi connectivity index (χ1) is 9.92. The summed E-state index contributed by atoms with van der Waals surface area (Å²) in [6.45, 7) is 11.7. The maximum absolute atomic E-state index is 11.2. The van der Waals surface area contributed by atoms with E-state index in [-0.39, 0.29) is 11.4 Å². The van der Waals surface area contributed by atoms with Crippen LogP contribution >= 0.6 is 0 Å². The fourth-order valence-electron chi connectivity index (χ4n) is 4.29. The van der Waals surface area contributed by atoms with Crippen LogP contribution < -0.4 is 0 Å². The van der Waals surface area contributed by atoms with E-state index in [1.54, 1.807) is 0 Å². The number of ether oxygens (including phenoxy) is 2. The smallest absolute Gasteiger partial charge is 0.302 e. The molecule has 2 bridgehead atoms. The van der Waals surface area contributed by atoms with E-state index in [1.165, 1.54) is 25.3 Å². The Hall–Kier alpha value is -0.830. The second-order valence-electron chi connectivity index (χ2n) is 7.02. The Kier molecular flexibility index (Phi) is 5.13. The zero-order valence-corrected chi connectivity index (χ0v) is 14.1. The Bertz CT molecular complexity index is 415. The van der Waals surface area contributed by atoms with Gasteiger partial charge in [-0.05, 0) is 25.2 Å². The van der Waals surface area contributed by atoms with Crippen LogP contribution in [0.15, 0.2) is 11.6 Å². The molecule has 0 saturated carbocycles. The Morgan fingerprint density at radius 3 is 2.81 bits per heavy atom. The van der Waals surface area contributed by atoms with Crippen LogP contribution in [0, 0.1) is 23.2 Å². The fraction of sp³-hybridized carbons (Fsp3) is 0.833. The van der Waals surface area contributed by atoms with Crippen LogP contribution in [0.1, 0.15) is 53.9 Å². The van der Waals surface area contributed by atoms with Gasteiger partial charge in [0.15, 0.2) is 0 Å². The molecule has 2 rings (SSSR count). The average Bonchev–Trinajstić information content (AvgIpc) is 2.42. The Morgan fingerprint density at radius 2 is 2.19 bits per heavy atom. The van der Waals surface area contributed by atoms with E-state index in [0.717, 1.165) is 6.42 Å². The fourth-order valence-corrected chi connectivity index (χ4v) is 4.29. The molecular formula is C18H30O3. The van der Waals surface area contributed by atoms with Gasteiger partial charge in [-0.1, -0.05) is 45.3 Å². The van der Waals surface area contributed by atoms with Crippen molar-refractivity contribution in [2.45, 2.75) is 60.0 Å². The van der Waals surface area contributed by atoms with E-state index in [4.69, 9.17) is 9.47 Å². The molecule has 0 aromatic heterocycles. The molecule has 3 heteroatoms. The van der Waals surface area contributed by atoms with Crippen molar-refractivity contribution in [3.05, 3.63) is 11.6 Å². The van der Waals surface area contributed by atoms with Crippen molar-refractivity contribution >= 4 is 5.97 Å². The molecule has 0 N–H and O–H groups in total. The number of unbranched alkanes of at least 4 members (excludes halogenated alkanes) is 1. The third-order valence-electron chi connectivity index (χ3n) is 5.74. The lowest BCUT2D eigenvalue weighted by Gasteiger charge is -2.55. The van der Waals surface area contributed by atoms with Crippen molar-refractivity contribution < 1.29 is 14.3 Å². The molecule has 21 heavy (non-hydrogen) atoms. The predicted octanol–water partition coefficient (Wildman–Crippen LogP) is 3.97. The molecule has 0 radical (unpaired) electrons. The van der Waals surface area contributed by atoms with Gasteiger partial charge >= 0.3 is 5.97 Å². The molecule has 0 aromatic rings. The van der Waals surface area contributed by atoms with E-state index < -0.39 is 0 Å². The van der Waals surface area contributed by atoms with E-state index >= 15 is 0 Å². The number of rotatable bonds is 5. The molecule has 1 aliphatic carbocycles. The van der Waals surface area contributed by atoms with Gasteiger partial charge in [0.1, 0.15) is 0 Å². The summed E-state index contributed by atoms with van der Waals surface area (Å²) in [5, 5.41) is 0. The number of hydrogen-bond donors (Lipinski definition) is 0. The van der Waals surface area contributed by atoms with Gasteiger partial charge in [-0.25, -0.2) is 0 Å². The Morgan fingerprint density at radius 1 is 1.48 bits per heavy atom. The minimum absolute atomic E-state index is 0.0570. The van der Waals surface area contributed by atoms with Crippen molar-refractivity contribution in [1.29, 1.82) is 0 Å². The van der Waals surface area contributed by atoms with Crippen LogP contribution in [0.5, 0.6) is 0 Å². The zero-order valence-electron chi connectivity index (χ0n) is 14.1. The molecule has 1 saturated heterocycles. The van der Waals surface area contributed by atoms with Crippen molar-refractivity contribution in [3.63, 3.8) is 0 Å². The predicted molar refractivity (Wildman–Crippen MR) is 83.9 cm³/mol. The minimum atomic E-state index is -0.195. The summed E-state index contributed by atoms with van der Waals surface area (Å²) in [5.74, 6) is 1.15. The highest BCUT2D eigenvalue weighted by atomic mass is 16.5. The summed E-state index contributed by atoms with van der Waals surface area (Å²) in [6, 6.07) is 0. The van der Waals surface area contributed by atoms with E-state index in [0.29, 0.717) is 37.1 Å². The average molecular weight is 294 g/mol. The van der Waals surface area contributed by atoms with Crippen molar-refractivity contribution in [3.8, 4) is 0 Å². The third kappa shape index (κ3) is 3.03. The molecule has 1 fully saturated rings. The third-order valence-corrected chi connectivity index (χ3v) is 5.74. The van der Waals surface area contributed by atoms with Crippen LogP contribution in [0.2, 0.25) is 0 Å². The van der Waals surface area contributed by atoms with Crippen molar-refractivity contribution in [1.82, 2.24) is 0 Å². The van der Waals surface area contributed by atoms with Crippen LogP contribution in [0.25, 0.3) is 0 Å². The van der Waals surface area contributed by atoms with Crippen molar-refractivity contribution in [2.24, 2.45) is 23.2 Å². The highest BCUT2D eigenvalue weighted by Gasteiger charge is 2.53. The topological polar surface area (TPSA) is 35.5 Å². The Balaban J connectivity index is 2.23. The maximum atomic E-state index is 11.2. The van der Waals surface area contributed by atoms with Gasteiger partial charge in [-0.15, -0.1) is 0 Å². The van der Waals surface area contributed by atoms with Gasteiger partial charge in [0.05, 0.1) is 19.3 Å². The molecule has 1 heterocycles. The molecule has 0 spiro atoms. The largest absolute Gasteiger partial charge is 0.465 e. The standard InChI is InChI=1S/C18H30O3/c1-6-7-8-16-17-12(2)9-13(3)18(11-21-16,14(17)4)10-20-15(5)19/h9,13-14,16-17H,6-8,10-11H2,1-5H3/t13-,14-,16+,17-,18-/m1/s1. The molecule has 3 nitrogen and oxygen atoms in total. The number of hydrogen-bond acceptors (Lipinski definition) is 3. The number of fused-ring (bicyclic) bond motifs is 2. The number of esters is 1. The summed E-state index contributed by atoms with van der Waals surface area (Å²) in [4.78, 5) is 11.2. The maximum Gasteiger partial charge on any atom is 0.302 e. The van der Waals surface area contributed by atoms with E-state index in [9.17, 15) is 4.79 Å². The first kappa shape index (κ1) is 16.5. The molecule has 0 aromatic carbocycles. The molecule has 0 amide bonds. The van der Waals surface area contributed by atoms with Crippen LogP contribution in [0.4, 0.5) is 0 Å². The van der Waals surface area contributed by atoms with Gasteiger partial charge in [0, 0.05) is 18.3 Å². The first-order valence-corrected chi connectivity index (χ1v) is 8.35. The minimum Gasteiger partial charge on any atom is -0.465 e. The van der Waals surface area contributed by atoms with Crippen LogP contribution in [-0.2, 0) is 14.3 Å². The normalized spacial score (nSPS) is 38.8. The highest BCUT2D eigenvalue weighted by Crippen LogP contribution is 2.53. The summed E-state index contributed by atoms with van der Waals surface area (Å²) in [6.07, 6.45) is 6.27. The SMILES string of the molecule is CCCC[C@@H]1OC[C@]2(COC(C)=O)[C@H](C)C=C(C)[C@@H]1[C@H]2C. The molecule has 0 unspecified atom stereocenters. The van der Waals surface area contributed by atoms with Gasteiger partial charge in [0.2, 0.25) is 0 Å². The van der Waals surface area contributed by atoms with Gasteiger partial charge in [-0.2, -0.15) is 0 Å². The van der Waals surface area contributed by atoms with E-state index in [2.05, 4.69) is 33.8 Å². The lowest BCUT2D eigenvalue weighted by atomic mass is 9.56. The summed E-state index contributed by atoms with van der Waals surface area (Å²) in [5.41, 5.74) is 1.40. The lowest BCUT2D eigenvalue weighted by Crippen LogP contribution is -2.56. The second kappa shape index (κ2) is 6.51. The molecule has 5 atom stereocenters. The van der Waals surface area contributed by atoms with Gasteiger partial charge in [0.25, 0.3) is 0 Å². The van der Waals surface area contributed by atoms with Crippen molar-refractivity contribution in [2.75, 3.05) is 13.2 Å². The summed E-state index contributed by atoms with van der Waals surface area (Å²) >= 11 is 0. The number of carbonyl (C=O) groups excluding carboxylic acids is 1. The number of carbonyl (C=O) groups is 1. The number of allylic oxidation sites excluding steroid dienone is 1. The van der Waals surface area contributed by atoms with Gasteiger partial charge in [-0.3, -0.25) is 4.79 Å². The second-order valence-corrected chi connectivity index (χ2v) is 7.02. The highest BCUT2D eigenvalue weighted by molar-refractivity contribution is 5.65. The van der Waals surface area contributed by atoms with E-state index in [1.807, 2.05) is 0 Å². The quantitative estimate of drug-likeness (QED) is 0.568. The molecule has 120 valence electrons. The lowest BCUT2D eigenvalue weighted by molar-refractivity contribution is -0.180. The zero-order chi connectivity index (χ0) is 15.6. The van der Waals surface area contributed by atoms with Crippen LogP contribution in [0.3, 0.4) is 0 Å². The monoisotopic (exact) mass is 294 g/mol. The molecule has 1 aliphatic heterocycles. The van der Waals surface area contributed by atoms with Gasteiger partial charge < -0.3 is 9.47 Å².